The Bertz CT molecular complexity index is 1030. The average molecular weight is 596 g/mol. The van der Waals surface area contributed by atoms with Gasteiger partial charge in [0.05, 0.1) is 12.9 Å². The molecule has 204 valence electrons. The van der Waals surface area contributed by atoms with Crippen molar-refractivity contribution in [3.05, 3.63) is 11.6 Å². The van der Waals surface area contributed by atoms with Crippen LogP contribution in [0.1, 0.15) is 6.23 Å². The van der Waals surface area contributed by atoms with Crippen LogP contribution in [0.25, 0.3) is 11.2 Å². The predicted molar refractivity (Wildman–Crippen MR) is 111 cm³/mol. The Labute approximate surface area is 198 Å². The van der Waals surface area contributed by atoms with Gasteiger partial charge >= 0.3 is 23.5 Å². The number of halogens is 1. The first-order valence-corrected chi connectivity index (χ1v) is 13.2. The van der Waals surface area contributed by atoms with Crippen molar-refractivity contribution in [3.8, 4) is 0 Å². The van der Waals surface area contributed by atoms with E-state index in [4.69, 9.17) is 84.9 Å². The number of rotatable bonds is 2. The van der Waals surface area contributed by atoms with Gasteiger partial charge in [-0.05, 0) is 11.6 Å². The van der Waals surface area contributed by atoms with Gasteiger partial charge in [0, 0.05) is 0 Å². The highest BCUT2D eigenvalue weighted by Crippen LogP contribution is 2.32. The number of aliphatic hydroxyl groups excluding tert-OH is 3. The summed E-state index contributed by atoms with van der Waals surface area (Å²) in [5, 5.41) is 28.8. The monoisotopic (exact) mass is 595 g/mol. The van der Waals surface area contributed by atoms with E-state index in [1.165, 1.54) is 10.9 Å². The lowest BCUT2D eigenvalue weighted by molar-refractivity contribution is -0.0511. The van der Waals surface area contributed by atoms with Crippen LogP contribution in [-0.4, -0.2) is 104 Å². The van der Waals surface area contributed by atoms with Crippen LogP contribution in [0.4, 0.5) is 5.82 Å². The number of nitrogens with two attached hydrogens (primary N) is 1. The number of nitrogens with zero attached hydrogens (tertiary/aromatic N) is 4. The summed E-state index contributed by atoms with van der Waals surface area (Å²) in [4.78, 5) is 76.5. The number of hydrogen-bond donors (Lipinski definition) is 13. The molecule has 35 heavy (non-hydrogen) atoms. The van der Waals surface area contributed by atoms with Crippen LogP contribution >= 0.6 is 35.1 Å². The van der Waals surface area contributed by atoms with Gasteiger partial charge in [-0.1, -0.05) is 0 Å². The Morgan fingerprint density at radius 2 is 1.34 bits per heavy atom. The zero-order valence-electron chi connectivity index (χ0n) is 16.7. The minimum absolute atomic E-state index is 0.0662. The lowest BCUT2D eigenvalue weighted by Gasteiger charge is -2.16. The van der Waals surface area contributed by atoms with Gasteiger partial charge in [0.25, 0.3) is 0 Å². The Hall–Kier alpha value is -1.19. The zero-order chi connectivity index (χ0) is 27.9. The van der Waals surface area contributed by atoms with Gasteiger partial charge in [-0.25, -0.2) is 18.7 Å². The normalized spacial score (nSPS) is 22.3. The molecule has 1 aliphatic rings. The molecule has 3 rings (SSSR count). The molecule has 0 bridgehead atoms. The number of nitrogen functional groups attached to an aromatic ring is 1. The second-order valence-electron chi connectivity index (χ2n) is 5.97. The number of fused-ring (bicyclic) bond motifs is 1. The second kappa shape index (κ2) is 13.4. The minimum atomic E-state index is -4.64. The van der Waals surface area contributed by atoms with E-state index in [2.05, 4.69) is 15.0 Å². The van der Waals surface area contributed by atoms with Crippen LogP contribution in [0, 0.1) is 0 Å². The molecule has 21 nitrogen and oxygen atoms in total. The van der Waals surface area contributed by atoms with E-state index >= 15 is 0 Å². The molecule has 2 aromatic heterocycles. The first-order chi connectivity index (χ1) is 15.5. The van der Waals surface area contributed by atoms with E-state index in [0.717, 1.165) is 0 Å². The van der Waals surface area contributed by atoms with E-state index in [1.807, 2.05) is 0 Å². The van der Waals surface area contributed by atoms with Gasteiger partial charge in [0.2, 0.25) is 5.28 Å². The summed E-state index contributed by atoms with van der Waals surface area (Å²) in [5.41, 5.74) is 6.27. The standard InChI is InChI=1S/C10H12ClN5O4.3H3O4P/c11-10-14-7(12)4-8(15-10)16(2-13-4)9-6(19)5(18)3(1-17)20-9;3*1-5(2,3)4/h2-3,5-6,9,17-19H,1H2,(H2,12,14,15);3*(H3,1,2,3,4)/t3-,5-,6-,9-;;;/m1.../s1. The molecular weight excluding hydrogens is 575 g/mol. The smallest absolute Gasteiger partial charge is 0.394 e. The highest BCUT2D eigenvalue weighted by Gasteiger charge is 2.44. The number of anilines is 1. The molecule has 0 unspecified atom stereocenters. The summed E-state index contributed by atoms with van der Waals surface area (Å²) in [6, 6.07) is 0. The van der Waals surface area contributed by atoms with E-state index in [0.29, 0.717) is 5.52 Å². The molecule has 25 heteroatoms. The number of aromatic nitrogens is 4. The van der Waals surface area contributed by atoms with Crippen molar-refractivity contribution in [2.45, 2.75) is 24.5 Å². The number of ether oxygens (including phenoxy) is 1. The molecule has 1 aliphatic heterocycles. The molecule has 0 saturated carbocycles. The van der Waals surface area contributed by atoms with Crippen molar-refractivity contribution in [2.24, 2.45) is 0 Å². The molecule has 0 aliphatic carbocycles. The first-order valence-electron chi connectivity index (χ1n) is 8.15. The number of phosphoric acid groups is 3. The Morgan fingerprint density at radius 1 is 0.914 bits per heavy atom. The molecule has 14 N–H and O–H groups in total. The fourth-order valence-corrected chi connectivity index (χ4v) is 2.38. The zero-order valence-corrected chi connectivity index (χ0v) is 20.1. The van der Waals surface area contributed by atoms with Crippen molar-refractivity contribution >= 4 is 52.1 Å². The van der Waals surface area contributed by atoms with Crippen molar-refractivity contribution in [2.75, 3.05) is 12.3 Å². The molecule has 0 amide bonds. The molecule has 3 heterocycles. The average Bonchev–Trinajstić information content (AvgIpc) is 3.12. The maximum atomic E-state index is 9.99. The molecule has 1 saturated heterocycles. The van der Waals surface area contributed by atoms with Crippen molar-refractivity contribution in [3.63, 3.8) is 0 Å². The Morgan fingerprint density at radius 3 is 1.71 bits per heavy atom. The summed E-state index contributed by atoms with van der Waals surface area (Å²) in [5.74, 6) is 0.102. The highest BCUT2D eigenvalue weighted by molar-refractivity contribution is 7.45. The van der Waals surface area contributed by atoms with Gasteiger partial charge in [-0.3, -0.25) is 4.57 Å². The predicted octanol–water partition coefficient (Wildman–Crippen LogP) is -4.11. The Kier molecular flexibility index (Phi) is 12.9. The summed E-state index contributed by atoms with van der Waals surface area (Å²) in [6.07, 6.45) is -2.93. The van der Waals surface area contributed by atoms with Gasteiger partial charge in [-0.2, -0.15) is 9.97 Å². The summed E-state index contributed by atoms with van der Waals surface area (Å²) >= 11 is 5.74. The van der Waals surface area contributed by atoms with E-state index in [1.54, 1.807) is 0 Å². The van der Waals surface area contributed by atoms with Gasteiger partial charge in [0.15, 0.2) is 17.7 Å². The Balaban J connectivity index is 0.000000635. The highest BCUT2D eigenvalue weighted by atomic mass is 35.5. The van der Waals surface area contributed by atoms with E-state index < -0.39 is 54.6 Å². The molecule has 0 aromatic carbocycles. The van der Waals surface area contributed by atoms with Crippen LogP contribution in [-0.2, 0) is 18.4 Å². The number of hydrogen-bond acceptors (Lipinski definition) is 11. The minimum Gasteiger partial charge on any atom is -0.394 e. The van der Waals surface area contributed by atoms with Crippen LogP contribution in [0.15, 0.2) is 6.33 Å². The molecule has 4 atom stereocenters. The maximum absolute atomic E-state index is 9.99. The number of aliphatic hydroxyl groups is 3. The van der Waals surface area contributed by atoms with Crippen LogP contribution < -0.4 is 5.73 Å². The van der Waals surface area contributed by atoms with Crippen LogP contribution in [0.3, 0.4) is 0 Å². The summed E-state index contributed by atoms with van der Waals surface area (Å²) in [7, 11) is -13.9. The van der Waals surface area contributed by atoms with E-state index in [9.17, 15) is 10.2 Å². The summed E-state index contributed by atoms with van der Waals surface area (Å²) in [6.45, 7) is -0.417. The molecule has 0 radical (unpaired) electrons. The third-order valence-electron chi connectivity index (χ3n) is 3.21. The van der Waals surface area contributed by atoms with Crippen molar-refractivity contribution < 1.29 is 77.8 Å². The molecular formula is C10H21ClN5O16P3. The maximum Gasteiger partial charge on any atom is 0.466 e. The third kappa shape index (κ3) is 14.8. The van der Waals surface area contributed by atoms with Crippen LogP contribution in [0.2, 0.25) is 5.28 Å². The fraction of sp³-hybridized carbons (Fsp3) is 0.500. The SMILES string of the molecule is Nc1nc(Cl)nc2c1ncn2[C@@H]1O[C@H](CO)[C@@H](O)[C@H]1O.O=P(O)(O)O.O=P(O)(O)O.O=P(O)(O)O. The van der Waals surface area contributed by atoms with Gasteiger partial charge < -0.3 is 69.8 Å². The summed E-state index contributed by atoms with van der Waals surface area (Å²) < 4.78 is 33.4. The van der Waals surface area contributed by atoms with Crippen molar-refractivity contribution in [1.82, 2.24) is 19.5 Å². The molecule has 2 aromatic rings. The molecule has 1 fully saturated rings. The number of imidazole rings is 1. The lowest BCUT2D eigenvalue weighted by atomic mass is 10.1. The van der Waals surface area contributed by atoms with Gasteiger partial charge in [-0.15, -0.1) is 0 Å². The van der Waals surface area contributed by atoms with Crippen LogP contribution in [0.5, 0.6) is 0 Å². The topological polar surface area (TPSA) is 373 Å². The van der Waals surface area contributed by atoms with E-state index in [-0.39, 0.29) is 16.7 Å². The lowest BCUT2D eigenvalue weighted by Crippen LogP contribution is -2.33. The quantitative estimate of drug-likeness (QED) is 0.116. The third-order valence-corrected chi connectivity index (χ3v) is 3.38. The molecule has 0 spiro atoms. The fourth-order valence-electron chi connectivity index (χ4n) is 2.21. The second-order valence-corrected chi connectivity index (χ2v) is 9.39. The largest absolute Gasteiger partial charge is 0.466 e. The van der Waals surface area contributed by atoms with Gasteiger partial charge in [0.1, 0.15) is 23.8 Å². The first kappa shape index (κ1) is 33.8. The van der Waals surface area contributed by atoms with Crippen molar-refractivity contribution in [1.29, 1.82) is 0 Å².